The summed E-state index contributed by atoms with van der Waals surface area (Å²) in [4.78, 5) is 11.1. The summed E-state index contributed by atoms with van der Waals surface area (Å²) < 4.78 is 39.2. The van der Waals surface area contributed by atoms with Gasteiger partial charge in [-0.1, -0.05) is 6.92 Å². The lowest BCUT2D eigenvalue weighted by atomic mass is 10.1. The topological polar surface area (TPSA) is 58.6 Å². The van der Waals surface area contributed by atoms with E-state index in [-0.39, 0.29) is 5.92 Å². The second-order valence-electron chi connectivity index (χ2n) is 4.10. The first kappa shape index (κ1) is 16.2. The predicted octanol–water partition coefficient (Wildman–Crippen LogP) is 1.09. The van der Waals surface area contributed by atoms with Crippen molar-refractivity contribution in [2.24, 2.45) is 5.92 Å². The average molecular weight is 257 g/mol. The molecule has 7 heteroatoms. The van der Waals surface area contributed by atoms with Crippen molar-refractivity contribution in [3.63, 3.8) is 0 Å². The molecule has 0 aliphatic carbocycles. The molecule has 0 aliphatic heterocycles. The number of hydrogen-bond acceptors (Lipinski definition) is 3. The number of ether oxygens (including phenoxy) is 1. The molecular weight excluding hydrogens is 239 g/mol. The number of carbonyl (C=O) groups is 1. The van der Waals surface area contributed by atoms with E-state index in [9.17, 15) is 18.0 Å². The summed E-state index contributed by atoms with van der Waals surface area (Å²) in [5.41, 5.74) is 0. The van der Waals surface area contributed by atoms with Gasteiger partial charge in [0.1, 0.15) is 13.2 Å². The van der Waals surface area contributed by atoms with Crippen LogP contribution in [-0.2, 0) is 9.53 Å². The molecule has 0 aliphatic rings. The Morgan fingerprint density at radius 1 is 1.41 bits per heavy atom. The fourth-order valence-electron chi connectivity index (χ4n) is 1.26. The molecule has 0 aromatic rings. The van der Waals surface area contributed by atoms with Crippen LogP contribution >= 0.6 is 0 Å². The van der Waals surface area contributed by atoms with Crippen LogP contribution in [0.3, 0.4) is 0 Å². The SMILES string of the molecule is CC(O)CC(C)CNC(=O)COCC(F)(F)F. The lowest BCUT2D eigenvalue weighted by molar-refractivity contribution is -0.175. The molecule has 0 bridgehead atoms. The van der Waals surface area contributed by atoms with E-state index in [4.69, 9.17) is 5.11 Å². The van der Waals surface area contributed by atoms with Gasteiger partial charge in [-0.2, -0.15) is 13.2 Å². The first-order chi connectivity index (χ1) is 7.70. The van der Waals surface area contributed by atoms with Gasteiger partial charge in [0.2, 0.25) is 5.91 Å². The van der Waals surface area contributed by atoms with Crippen LogP contribution in [-0.4, -0.2) is 43.1 Å². The van der Waals surface area contributed by atoms with E-state index < -0.39 is 31.4 Å². The molecule has 2 atom stereocenters. The number of hydrogen-bond donors (Lipinski definition) is 2. The molecule has 0 radical (unpaired) electrons. The minimum absolute atomic E-state index is 0.0570. The van der Waals surface area contributed by atoms with E-state index in [1.807, 2.05) is 6.92 Å². The molecule has 0 saturated heterocycles. The van der Waals surface area contributed by atoms with Crippen LogP contribution in [0.15, 0.2) is 0 Å². The largest absolute Gasteiger partial charge is 0.411 e. The molecule has 0 rings (SSSR count). The zero-order chi connectivity index (χ0) is 13.5. The number of halogens is 3. The number of aliphatic hydroxyl groups excluding tert-OH is 1. The number of alkyl halides is 3. The molecule has 0 saturated carbocycles. The maximum absolute atomic E-state index is 11.7. The highest BCUT2D eigenvalue weighted by atomic mass is 19.4. The number of rotatable bonds is 7. The van der Waals surface area contributed by atoms with Gasteiger partial charge < -0.3 is 15.2 Å². The van der Waals surface area contributed by atoms with Gasteiger partial charge in [-0.15, -0.1) is 0 Å². The zero-order valence-corrected chi connectivity index (χ0v) is 9.88. The molecule has 4 nitrogen and oxygen atoms in total. The van der Waals surface area contributed by atoms with Crippen LogP contribution in [0.1, 0.15) is 20.3 Å². The van der Waals surface area contributed by atoms with Gasteiger partial charge in [-0.25, -0.2) is 0 Å². The van der Waals surface area contributed by atoms with E-state index in [2.05, 4.69) is 10.1 Å². The fourth-order valence-corrected chi connectivity index (χ4v) is 1.26. The number of nitrogens with one attached hydrogen (secondary N) is 1. The molecule has 2 N–H and O–H groups in total. The first-order valence-electron chi connectivity index (χ1n) is 5.30. The standard InChI is InChI=1S/C10H18F3NO3/c1-7(3-8(2)15)4-14-9(16)5-17-6-10(11,12)13/h7-8,15H,3-6H2,1-2H3,(H,14,16). The van der Waals surface area contributed by atoms with E-state index in [1.165, 1.54) is 0 Å². The molecule has 1 amide bonds. The Hall–Kier alpha value is -0.820. The first-order valence-corrected chi connectivity index (χ1v) is 5.30. The van der Waals surface area contributed by atoms with Crippen molar-refractivity contribution in [1.82, 2.24) is 5.32 Å². The van der Waals surface area contributed by atoms with Crippen LogP contribution < -0.4 is 5.32 Å². The number of aliphatic hydroxyl groups is 1. The minimum atomic E-state index is -4.42. The van der Waals surface area contributed by atoms with E-state index >= 15 is 0 Å². The van der Waals surface area contributed by atoms with Crippen LogP contribution in [0.5, 0.6) is 0 Å². The third-order valence-corrected chi connectivity index (χ3v) is 1.89. The lowest BCUT2D eigenvalue weighted by Gasteiger charge is -2.14. The quantitative estimate of drug-likeness (QED) is 0.717. The Morgan fingerprint density at radius 2 is 2.00 bits per heavy atom. The Labute approximate surface area is 98.1 Å². The molecule has 0 heterocycles. The van der Waals surface area contributed by atoms with Gasteiger partial charge in [0.05, 0.1) is 6.10 Å². The van der Waals surface area contributed by atoms with Gasteiger partial charge in [0.25, 0.3) is 0 Å². The Kier molecular flexibility index (Phi) is 7.13. The second kappa shape index (κ2) is 7.50. The monoisotopic (exact) mass is 257 g/mol. The van der Waals surface area contributed by atoms with Crippen molar-refractivity contribution in [2.75, 3.05) is 19.8 Å². The minimum Gasteiger partial charge on any atom is -0.393 e. The molecule has 0 aromatic heterocycles. The van der Waals surface area contributed by atoms with Crippen molar-refractivity contribution in [3.05, 3.63) is 0 Å². The smallest absolute Gasteiger partial charge is 0.393 e. The highest BCUT2D eigenvalue weighted by molar-refractivity contribution is 5.77. The van der Waals surface area contributed by atoms with Gasteiger partial charge >= 0.3 is 6.18 Å². The second-order valence-corrected chi connectivity index (χ2v) is 4.10. The van der Waals surface area contributed by atoms with Crippen molar-refractivity contribution < 1.29 is 27.8 Å². The summed E-state index contributed by atoms with van der Waals surface area (Å²) in [6.07, 6.45) is -4.37. The van der Waals surface area contributed by atoms with Crippen molar-refractivity contribution in [3.8, 4) is 0 Å². The number of amides is 1. The lowest BCUT2D eigenvalue weighted by Crippen LogP contribution is -2.33. The van der Waals surface area contributed by atoms with Gasteiger partial charge in [-0.05, 0) is 19.3 Å². The third kappa shape index (κ3) is 11.4. The maximum Gasteiger partial charge on any atom is 0.411 e. The van der Waals surface area contributed by atoms with Gasteiger partial charge in [0, 0.05) is 6.54 Å². The van der Waals surface area contributed by atoms with Crippen molar-refractivity contribution in [2.45, 2.75) is 32.5 Å². The van der Waals surface area contributed by atoms with Crippen molar-refractivity contribution >= 4 is 5.91 Å². The van der Waals surface area contributed by atoms with Crippen LogP contribution in [0, 0.1) is 5.92 Å². The molecule has 0 aromatic carbocycles. The van der Waals surface area contributed by atoms with Crippen LogP contribution in [0.2, 0.25) is 0 Å². The van der Waals surface area contributed by atoms with E-state index in [1.54, 1.807) is 6.92 Å². The summed E-state index contributed by atoms with van der Waals surface area (Å²) in [5.74, 6) is -0.534. The Bertz CT molecular complexity index is 231. The highest BCUT2D eigenvalue weighted by Crippen LogP contribution is 2.14. The number of carbonyl (C=O) groups excluding carboxylic acids is 1. The maximum atomic E-state index is 11.7. The fraction of sp³-hybridized carbons (Fsp3) is 0.900. The van der Waals surface area contributed by atoms with E-state index in [0.717, 1.165) is 0 Å². The summed E-state index contributed by atoms with van der Waals surface area (Å²) in [6, 6.07) is 0. The zero-order valence-electron chi connectivity index (χ0n) is 9.88. The normalized spacial score (nSPS) is 15.4. The van der Waals surface area contributed by atoms with Gasteiger partial charge in [-0.3, -0.25) is 4.79 Å². The summed E-state index contributed by atoms with van der Waals surface area (Å²) in [7, 11) is 0. The van der Waals surface area contributed by atoms with Crippen molar-refractivity contribution in [1.29, 1.82) is 0 Å². The third-order valence-electron chi connectivity index (χ3n) is 1.89. The van der Waals surface area contributed by atoms with Crippen LogP contribution in [0.25, 0.3) is 0 Å². The van der Waals surface area contributed by atoms with Crippen LogP contribution in [0.4, 0.5) is 13.2 Å². The molecule has 17 heavy (non-hydrogen) atoms. The molecule has 0 fully saturated rings. The van der Waals surface area contributed by atoms with Gasteiger partial charge in [0.15, 0.2) is 0 Å². The highest BCUT2D eigenvalue weighted by Gasteiger charge is 2.27. The Balaban J connectivity index is 3.60. The summed E-state index contributed by atoms with van der Waals surface area (Å²) in [5, 5.41) is 11.5. The molecule has 0 spiro atoms. The average Bonchev–Trinajstić information content (AvgIpc) is 2.11. The summed E-state index contributed by atoms with van der Waals surface area (Å²) >= 11 is 0. The predicted molar refractivity (Wildman–Crippen MR) is 55.3 cm³/mol. The molecule has 2 unspecified atom stereocenters. The van der Waals surface area contributed by atoms with E-state index in [0.29, 0.717) is 13.0 Å². The molecule has 102 valence electrons. The molecular formula is C10H18F3NO3. The summed E-state index contributed by atoms with van der Waals surface area (Å²) in [6.45, 7) is 1.72. The Morgan fingerprint density at radius 3 is 2.47 bits per heavy atom.